The fourth-order valence-corrected chi connectivity index (χ4v) is 3.03. The van der Waals surface area contributed by atoms with Crippen molar-refractivity contribution in [3.05, 3.63) is 70.7 Å². The predicted octanol–water partition coefficient (Wildman–Crippen LogP) is 3.48. The van der Waals surface area contributed by atoms with E-state index >= 15 is 0 Å². The molecule has 26 heavy (non-hydrogen) atoms. The first-order valence-corrected chi connectivity index (χ1v) is 9.24. The molecule has 1 atom stereocenters. The lowest BCUT2D eigenvalue weighted by atomic mass is 10.1. The number of likely N-dealkylation sites (N-methyl/N-ethyl adjacent to an activating group) is 1. The molecule has 2 rings (SSSR count). The van der Waals surface area contributed by atoms with Crippen LogP contribution >= 0.6 is 11.6 Å². The van der Waals surface area contributed by atoms with Crippen molar-refractivity contribution in [1.82, 2.24) is 10.2 Å². The van der Waals surface area contributed by atoms with E-state index in [1.54, 1.807) is 24.0 Å². The molecule has 0 aliphatic carbocycles. The first kappa shape index (κ1) is 20.0. The van der Waals surface area contributed by atoms with E-state index < -0.39 is 6.04 Å². The molecule has 2 aromatic rings. The second-order valence-electron chi connectivity index (χ2n) is 6.20. The van der Waals surface area contributed by atoms with Gasteiger partial charge in [0, 0.05) is 18.1 Å². The van der Waals surface area contributed by atoms with Gasteiger partial charge in [-0.15, -0.1) is 0 Å². The van der Waals surface area contributed by atoms with Gasteiger partial charge in [0.05, 0.1) is 6.42 Å². The van der Waals surface area contributed by atoms with Crippen LogP contribution in [0.1, 0.15) is 25.0 Å². The number of hydrogen-bond acceptors (Lipinski definition) is 2. The Kier molecular flexibility index (Phi) is 7.67. The zero-order chi connectivity index (χ0) is 18.9. The van der Waals surface area contributed by atoms with Crippen molar-refractivity contribution in [3.8, 4) is 0 Å². The molecular formula is C21H25ClN2O2. The Hall–Kier alpha value is -2.33. The van der Waals surface area contributed by atoms with E-state index in [1.807, 2.05) is 49.4 Å². The van der Waals surface area contributed by atoms with Crippen LogP contribution in [0.5, 0.6) is 0 Å². The van der Waals surface area contributed by atoms with Crippen LogP contribution in [0.2, 0.25) is 5.02 Å². The van der Waals surface area contributed by atoms with Crippen LogP contribution in [0.3, 0.4) is 0 Å². The summed E-state index contributed by atoms with van der Waals surface area (Å²) in [7, 11) is 0. The number of nitrogens with one attached hydrogen (secondary N) is 1. The van der Waals surface area contributed by atoms with E-state index in [9.17, 15) is 9.59 Å². The first-order chi connectivity index (χ1) is 12.5. The van der Waals surface area contributed by atoms with Crippen LogP contribution in [-0.4, -0.2) is 35.8 Å². The Morgan fingerprint density at radius 1 is 1.08 bits per heavy atom. The van der Waals surface area contributed by atoms with Crippen molar-refractivity contribution in [2.75, 3.05) is 13.1 Å². The van der Waals surface area contributed by atoms with Crippen LogP contribution in [0.15, 0.2) is 54.6 Å². The monoisotopic (exact) mass is 372 g/mol. The average Bonchev–Trinajstić information content (AvgIpc) is 2.62. The van der Waals surface area contributed by atoms with Gasteiger partial charge in [0.15, 0.2) is 0 Å². The van der Waals surface area contributed by atoms with Crippen molar-refractivity contribution >= 4 is 23.4 Å². The highest BCUT2D eigenvalue weighted by Crippen LogP contribution is 2.14. The average molecular weight is 373 g/mol. The van der Waals surface area contributed by atoms with Crippen molar-refractivity contribution < 1.29 is 9.59 Å². The van der Waals surface area contributed by atoms with E-state index in [4.69, 9.17) is 11.6 Å². The number of rotatable bonds is 8. The summed E-state index contributed by atoms with van der Waals surface area (Å²) in [5, 5.41) is 3.40. The van der Waals surface area contributed by atoms with Gasteiger partial charge in [0.25, 0.3) is 0 Å². The maximum absolute atomic E-state index is 12.9. The molecule has 0 aliphatic heterocycles. The molecule has 0 heterocycles. The molecule has 2 amide bonds. The minimum Gasteiger partial charge on any atom is -0.355 e. The van der Waals surface area contributed by atoms with Crippen molar-refractivity contribution in [2.24, 2.45) is 0 Å². The second kappa shape index (κ2) is 9.97. The number of carbonyl (C=O) groups excluding carboxylic acids is 2. The number of halogens is 1. The SMILES string of the molecule is CCNC(=O)C(C)N(CCc1ccccc1)C(=O)Cc1cccc(Cl)c1. The Labute approximate surface area is 160 Å². The van der Waals surface area contributed by atoms with Gasteiger partial charge in [-0.3, -0.25) is 9.59 Å². The number of nitrogens with zero attached hydrogens (tertiary/aromatic N) is 1. The quantitative estimate of drug-likeness (QED) is 0.771. The summed E-state index contributed by atoms with van der Waals surface area (Å²) in [4.78, 5) is 26.8. The molecule has 0 spiro atoms. The first-order valence-electron chi connectivity index (χ1n) is 8.86. The molecule has 0 radical (unpaired) electrons. The van der Waals surface area contributed by atoms with E-state index in [1.165, 1.54) is 0 Å². The summed E-state index contributed by atoms with van der Waals surface area (Å²) in [6.45, 7) is 4.67. The lowest BCUT2D eigenvalue weighted by Gasteiger charge is -2.28. The second-order valence-corrected chi connectivity index (χ2v) is 6.64. The van der Waals surface area contributed by atoms with Crippen molar-refractivity contribution in [1.29, 1.82) is 0 Å². The number of carbonyl (C=O) groups is 2. The van der Waals surface area contributed by atoms with Crippen LogP contribution in [0.4, 0.5) is 0 Å². The van der Waals surface area contributed by atoms with Crippen LogP contribution in [0, 0.1) is 0 Å². The van der Waals surface area contributed by atoms with Gasteiger partial charge in [0.1, 0.15) is 6.04 Å². The summed E-state index contributed by atoms with van der Waals surface area (Å²) >= 11 is 6.01. The highest BCUT2D eigenvalue weighted by molar-refractivity contribution is 6.30. The third-order valence-electron chi connectivity index (χ3n) is 4.25. The fourth-order valence-electron chi connectivity index (χ4n) is 2.82. The Bertz CT molecular complexity index is 734. The highest BCUT2D eigenvalue weighted by atomic mass is 35.5. The molecule has 138 valence electrons. The summed E-state index contributed by atoms with van der Waals surface area (Å²) in [6.07, 6.45) is 0.922. The molecule has 0 saturated carbocycles. The summed E-state index contributed by atoms with van der Waals surface area (Å²) in [6, 6.07) is 16.7. The van der Waals surface area contributed by atoms with Crippen molar-refractivity contribution in [2.45, 2.75) is 32.7 Å². The topological polar surface area (TPSA) is 49.4 Å². The van der Waals surface area contributed by atoms with Gasteiger partial charge >= 0.3 is 0 Å². The minimum atomic E-state index is -0.523. The maximum atomic E-state index is 12.9. The minimum absolute atomic E-state index is 0.0815. The zero-order valence-electron chi connectivity index (χ0n) is 15.2. The van der Waals surface area contributed by atoms with Gasteiger partial charge in [-0.25, -0.2) is 0 Å². The maximum Gasteiger partial charge on any atom is 0.242 e. The zero-order valence-corrected chi connectivity index (χ0v) is 16.0. The smallest absolute Gasteiger partial charge is 0.242 e. The van der Waals surface area contributed by atoms with Crippen LogP contribution in [0.25, 0.3) is 0 Å². The van der Waals surface area contributed by atoms with Crippen molar-refractivity contribution in [3.63, 3.8) is 0 Å². The van der Waals surface area contributed by atoms with E-state index in [-0.39, 0.29) is 18.2 Å². The summed E-state index contributed by atoms with van der Waals surface area (Å²) < 4.78 is 0. The summed E-state index contributed by atoms with van der Waals surface area (Å²) in [5.41, 5.74) is 1.98. The molecule has 4 nitrogen and oxygen atoms in total. The molecule has 1 unspecified atom stereocenters. The molecule has 2 aromatic carbocycles. The van der Waals surface area contributed by atoms with Crippen LogP contribution in [-0.2, 0) is 22.4 Å². The number of hydrogen-bond donors (Lipinski definition) is 1. The molecule has 0 bridgehead atoms. The molecular weight excluding hydrogens is 348 g/mol. The van der Waals surface area contributed by atoms with Gasteiger partial charge in [0.2, 0.25) is 11.8 Å². The lowest BCUT2D eigenvalue weighted by molar-refractivity contribution is -0.139. The van der Waals surface area contributed by atoms with E-state index in [2.05, 4.69) is 5.32 Å². The third kappa shape index (κ3) is 5.88. The Morgan fingerprint density at radius 3 is 2.42 bits per heavy atom. The molecule has 0 saturated heterocycles. The summed E-state index contributed by atoms with van der Waals surface area (Å²) in [5.74, 6) is -0.220. The van der Waals surface area contributed by atoms with Crippen LogP contribution < -0.4 is 5.32 Å². The highest BCUT2D eigenvalue weighted by Gasteiger charge is 2.25. The van der Waals surface area contributed by atoms with Gasteiger partial charge in [-0.2, -0.15) is 0 Å². The number of amides is 2. The van der Waals surface area contributed by atoms with Gasteiger partial charge in [-0.05, 0) is 43.5 Å². The molecule has 5 heteroatoms. The van der Waals surface area contributed by atoms with Gasteiger partial charge in [-0.1, -0.05) is 54.1 Å². The van der Waals surface area contributed by atoms with Gasteiger partial charge < -0.3 is 10.2 Å². The molecule has 1 N–H and O–H groups in total. The Morgan fingerprint density at radius 2 is 1.77 bits per heavy atom. The van der Waals surface area contributed by atoms with E-state index in [0.29, 0.717) is 24.5 Å². The Balaban J connectivity index is 2.12. The lowest BCUT2D eigenvalue weighted by Crippen LogP contribution is -2.49. The van der Waals surface area contributed by atoms with E-state index in [0.717, 1.165) is 11.1 Å². The largest absolute Gasteiger partial charge is 0.355 e. The normalized spacial score (nSPS) is 11.7. The predicted molar refractivity (Wildman–Crippen MR) is 105 cm³/mol. The third-order valence-corrected chi connectivity index (χ3v) is 4.48. The fraction of sp³-hybridized carbons (Fsp3) is 0.333. The molecule has 0 aliphatic rings. The molecule has 0 aromatic heterocycles. The molecule has 0 fully saturated rings. The number of benzene rings is 2. The standard InChI is InChI=1S/C21H25ClN2O2/c1-3-23-21(26)16(2)24(13-12-17-8-5-4-6-9-17)20(25)15-18-10-7-11-19(22)14-18/h4-11,14,16H,3,12-13,15H2,1-2H3,(H,23,26).